The molecule has 0 N–H and O–H groups in total. The third kappa shape index (κ3) is 6.01. The largest absolute Gasteiger partial charge is 0.456 e. The van der Waals surface area contributed by atoms with Gasteiger partial charge in [0.2, 0.25) is 0 Å². The third-order valence-corrected chi connectivity index (χ3v) is 11.2. The zero-order valence-corrected chi connectivity index (χ0v) is 31.6. The summed E-state index contributed by atoms with van der Waals surface area (Å²) in [6.45, 7) is 0. The lowest BCUT2D eigenvalue weighted by molar-refractivity contribution is 0.669. The van der Waals surface area contributed by atoms with Crippen molar-refractivity contribution in [2.24, 2.45) is 0 Å². The predicted octanol–water partition coefficient (Wildman–Crippen LogP) is 14.0. The highest BCUT2D eigenvalue weighted by atomic mass is 16.3. The standard InChI is InChI=1S/C53H36N4O/c1-4-14-35(15-5-1)37-24-27-41(28-25-37)57(42-29-26-36-16-10-11-21-40(36)32-42)43-30-31-46-48(33-43)58-49-34-47(44-22-12-13-23-45(44)50(46)49)53-55-51(38-17-6-2-7-18-38)54-52(56-53)39-19-8-3-9-20-39/h1-9,11-15,17-34H,10,16H2. The van der Waals surface area contributed by atoms with Gasteiger partial charge in [-0.05, 0) is 88.3 Å². The quantitative estimate of drug-likeness (QED) is 0.163. The van der Waals surface area contributed by atoms with E-state index in [9.17, 15) is 0 Å². The lowest BCUT2D eigenvalue weighted by Gasteiger charge is -2.27. The first-order valence-corrected chi connectivity index (χ1v) is 19.7. The lowest BCUT2D eigenvalue weighted by Crippen LogP contribution is -2.10. The highest BCUT2D eigenvalue weighted by molar-refractivity contribution is 6.22. The Hall–Kier alpha value is -7.63. The number of aromatic nitrogens is 3. The van der Waals surface area contributed by atoms with E-state index in [1.807, 2.05) is 60.7 Å². The number of nitrogens with zero attached hydrogens (tertiary/aromatic N) is 4. The minimum Gasteiger partial charge on any atom is -0.456 e. The molecule has 8 aromatic carbocycles. The van der Waals surface area contributed by atoms with Crippen molar-refractivity contribution in [3.63, 3.8) is 0 Å². The molecule has 0 saturated carbocycles. The van der Waals surface area contributed by atoms with E-state index in [0.29, 0.717) is 17.5 Å². The fourth-order valence-corrected chi connectivity index (χ4v) is 8.32. The molecule has 5 nitrogen and oxygen atoms in total. The van der Waals surface area contributed by atoms with Gasteiger partial charge in [0.1, 0.15) is 11.2 Å². The fraction of sp³-hybridized carbons (Fsp3) is 0.0377. The van der Waals surface area contributed by atoms with E-state index in [0.717, 1.165) is 79.3 Å². The van der Waals surface area contributed by atoms with E-state index < -0.39 is 0 Å². The summed E-state index contributed by atoms with van der Waals surface area (Å²) in [6, 6.07) is 63.5. The molecule has 0 fully saturated rings. The minimum atomic E-state index is 0.596. The molecule has 58 heavy (non-hydrogen) atoms. The molecule has 0 bridgehead atoms. The van der Waals surface area contributed by atoms with E-state index >= 15 is 0 Å². The predicted molar refractivity (Wildman–Crippen MR) is 238 cm³/mol. The summed E-state index contributed by atoms with van der Waals surface area (Å²) in [7, 11) is 0. The van der Waals surface area contributed by atoms with Crippen LogP contribution in [0.25, 0.3) is 84.1 Å². The van der Waals surface area contributed by atoms with E-state index in [1.165, 1.54) is 22.3 Å². The van der Waals surface area contributed by atoms with Crippen molar-refractivity contribution in [1.82, 2.24) is 15.0 Å². The van der Waals surface area contributed by atoms with Crippen molar-refractivity contribution in [3.8, 4) is 45.3 Å². The maximum atomic E-state index is 6.87. The maximum Gasteiger partial charge on any atom is 0.164 e. The van der Waals surface area contributed by atoms with Gasteiger partial charge < -0.3 is 9.32 Å². The van der Waals surface area contributed by atoms with Gasteiger partial charge in [-0.1, -0.05) is 146 Å². The van der Waals surface area contributed by atoms with Crippen LogP contribution >= 0.6 is 0 Å². The lowest BCUT2D eigenvalue weighted by atomic mass is 9.96. The summed E-state index contributed by atoms with van der Waals surface area (Å²) in [4.78, 5) is 17.5. The number of fused-ring (bicyclic) bond motifs is 6. The van der Waals surface area contributed by atoms with Gasteiger partial charge in [-0.3, -0.25) is 0 Å². The summed E-state index contributed by atoms with van der Waals surface area (Å²) in [5, 5.41) is 4.26. The highest BCUT2D eigenvalue weighted by Crippen LogP contribution is 2.43. The number of allylic oxidation sites excluding steroid dienone is 1. The van der Waals surface area contributed by atoms with Crippen molar-refractivity contribution < 1.29 is 4.42 Å². The molecule has 1 aliphatic carbocycles. The van der Waals surface area contributed by atoms with Crippen LogP contribution in [0.5, 0.6) is 0 Å². The van der Waals surface area contributed by atoms with Crippen molar-refractivity contribution in [3.05, 3.63) is 199 Å². The molecule has 0 spiro atoms. The number of furan rings is 1. The van der Waals surface area contributed by atoms with Crippen LogP contribution in [-0.4, -0.2) is 15.0 Å². The Morgan fingerprint density at radius 2 is 1.00 bits per heavy atom. The number of aryl methyl sites for hydroxylation is 1. The van der Waals surface area contributed by atoms with Gasteiger partial charge in [0.05, 0.1) is 0 Å². The number of anilines is 3. The average Bonchev–Trinajstić information content (AvgIpc) is 3.68. The van der Waals surface area contributed by atoms with E-state index in [1.54, 1.807) is 0 Å². The van der Waals surface area contributed by atoms with Crippen LogP contribution in [0, 0.1) is 0 Å². The second-order valence-corrected chi connectivity index (χ2v) is 14.7. The van der Waals surface area contributed by atoms with Gasteiger partial charge in [-0.15, -0.1) is 0 Å². The highest BCUT2D eigenvalue weighted by Gasteiger charge is 2.21. The summed E-state index contributed by atoms with van der Waals surface area (Å²) in [6.07, 6.45) is 6.66. The second-order valence-electron chi connectivity index (χ2n) is 14.7. The zero-order chi connectivity index (χ0) is 38.4. The first kappa shape index (κ1) is 33.7. The first-order chi connectivity index (χ1) is 28.7. The Morgan fingerprint density at radius 1 is 0.431 bits per heavy atom. The molecule has 1 aliphatic rings. The molecule has 0 atom stereocenters. The van der Waals surface area contributed by atoms with Crippen LogP contribution < -0.4 is 4.90 Å². The summed E-state index contributed by atoms with van der Waals surface area (Å²) in [5.74, 6) is 1.84. The number of benzene rings is 8. The van der Waals surface area contributed by atoms with Crippen molar-refractivity contribution in [2.75, 3.05) is 4.90 Å². The first-order valence-electron chi connectivity index (χ1n) is 19.7. The Bertz CT molecular complexity index is 3100. The smallest absolute Gasteiger partial charge is 0.164 e. The molecule has 274 valence electrons. The van der Waals surface area contributed by atoms with Crippen molar-refractivity contribution in [1.29, 1.82) is 0 Å². The normalized spacial score (nSPS) is 12.3. The zero-order valence-electron chi connectivity index (χ0n) is 31.6. The molecule has 0 unspecified atom stereocenters. The van der Waals surface area contributed by atoms with Gasteiger partial charge in [-0.25, -0.2) is 15.0 Å². The van der Waals surface area contributed by atoms with Gasteiger partial charge in [0.15, 0.2) is 17.5 Å². The topological polar surface area (TPSA) is 55.1 Å². The molecular weight excluding hydrogens is 709 g/mol. The van der Waals surface area contributed by atoms with Crippen LogP contribution in [0.1, 0.15) is 17.5 Å². The molecule has 10 aromatic rings. The van der Waals surface area contributed by atoms with Crippen LogP contribution in [0.15, 0.2) is 192 Å². The number of hydrogen-bond acceptors (Lipinski definition) is 5. The molecule has 0 saturated heterocycles. The third-order valence-electron chi connectivity index (χ3n) is 11.2. The molecule has 0 radical (unpaired) electrons. The number of hydrogen-bond donors (Lipinski definition) is 0. The van der Waals surface area contributed by atoms with Gasteiger partial charge in [0.25, 0.3) is 0 Å². The van der Waals surface area contributed by atoms with Gasteiger partial charge in [-0.2, -0.15) is 0 Å². The molecular formula is C53H36N4O. The molecule has 0 aliphatic heterocycles. The molecule has 2 heterocycles. The summed E-state index contributed by atoms with van der Waals surface area (Å²) < 4.78 is 6.87. The van der Waals surface area contributed by atoms with Gasteiger partial charge in [0, 0.05) is 50.6 Å². The van der Waals surface area contributed by atoms with E-state index in [2.05, 4.69) is 138 Å². The number of rotatable bonds is 7. The van der Waals surface area contributed by atoms with Crippen LogP contribution in [0.3, 0.4) is 0 Å². The van der Waals surface area contributed by atoms with Gasteiger partial charge >= 0.3 is 0 Å². The van der Waals surface area contributed by atoms with Crippen LogP contribution in [-0.2, 0) is 6.42 Å². The monoisotopic (exact) mass is 744 g/mol. The Kier molecular flexibility index (Phi) is 8.21. The second kappa shape index (κ2) is 14.1. The minimum absolute atomic E-state index is 0.596. The Balaban J connectivity index is 1.08. The Labute approximate surface area is 336 Å². The van der Waals surface area contributed by atoms with Crippen molar-refractivity contribution in [2.45, 2.75) is 12.8 Å². The summed E-state index contributed by atoms with van der Waals surface area (Å²) in [5.41, 5.74) is 12.5. The van der Waals surface area contributed by atoms with E-state index in [4.69, 9.17) is 19.4 Å². The van der Waals surface area contributed by atoms with Crippen LogP contribution in [0.4, 0.5) is 17.1 Å². The van der Waals surface area contributed by atoms with Crippen LogP contribution in [0.2, 0.25) is 0 Å². The fourth-order valence-electron chi connectivity index (χ4n) is 8.32. The van der Waals surface area contributed by atoms with Crippen molar-refractivity contribution >= 4 is 55.8 Å². The SMILES string of the molecule is C1=Cc2cc(N(c3ccc(-c4ccccc4)cc3)c3ccc4c(c3)oc3cc(-c5nc(-c6ccccc6)nc(-c6ccccc6)n5)c5ccccc5c34)ccc2CC1. The molecule has 2 aromatic heterocycles. The molecule has 0 amide bonds. The maximum absolute atomic E-state index is 6.87. The molecule has 5 heteroatoms. The molecule has 11 rings (SSSR count). The Morgan fingerprint density at radius 3 is 1.71 bits per heavy atom. The summed E-state index contributed by atoms with van der Waals surface area (Å²) >= 11 is 0. The average molecular weight is 745 g/mol. The van der Waals surface area contributed by atoms with E-state index in [-0.39, 0.29) is 0 Å².